The van der Waals surface area contributed by atoms with E-state index in [1.54, 1.807) is 23.1 Å². The molecule has 1 aliphatic heterocycles. The molecule has 1 heterocycles. The van der Waals surface area contributed by atoms with E-state index in [2.05, 4.69) is 0 Å². The SMILES string of the molecule is O=Cc1ccccc1OC1CCN(C(=O)c2ccc(F)cc2Cl)CC1. The third kappa shape index (κ3) is 3.99. The summed E-state index contributed by atoms with van der Waals surface area (Å²) in [5.74, 6) is -0.122. The van der Waals surface area contributed by atoms with Crippen LogP contribution < -0.4 is 4.74 Å². The lowest BCUT2D eigenvalue weighted by atomic mass is 10.1. The molecule has 25 heavy (non-hydrogen) atoms. The van der Waals surface area contributed by atoms with Gasteiger partial charge in [-0.3, -0.25) is 9.59 Å². The van der Waals surface area contributed by atoms with E-state index in [0.717, 1.165) is 12.4 Å². The molecule has 1 aliphatic rings. The average molecular weight is 362 g/mol. The van der Waals surface area contributed by atoms with Crippen LogP contribution in [0.3, 0.4) is 0 Å². The molecule has 0 aliphatic carbocycles. The van der Waals surface area contributed by atoms with Gasteiger partial charge in [-0.05, 0) is 30.3 Å². The maximum absolute atomic E-state index is 13.1. The van der Waals surface area contributed by atoms with Crippen molar-refractivity contribution in [2.24, 2.45) is 0 Å². The third-order valence-corrected chi connectivity index (χ3v) is 4.54. The van der Waals surface area contributed by atoms with Crippen LogP contribution in [0.25, 0.3) is 0 Å². The zero-order chi connectivity index (χ0) is 17.8. The summed E-state index contributed by atoms with van der Waals surface area (Å²) in [6, 6.07) is 10.8. The Labute approximate surface area is 150 Å². The zero-order valence-corrected chi connectivity index (χ0v) is 14.2. The molecule has 2 aromatic carbocycles. The first-order valence-corrected chi connectivity index (χ1v) is 8.41. The van der Waals surface area contributed by atoms with Gasteiger partial charge in [0.2, 0.25) is 0 Å². The highest BCUT2D eigenvalue weighted by molar-refractivity contribution is 6.33. The molecule has 1 fully saturated rings. The molecule has 0 saturated carbocycles. The molecule has 0 spiro atoms. The zero-order valence-electron chi connectivity index (χ0n) is 13.5. The summed E-state index contributed by atoms with van der Waals surface area (Å²) in [4.78, 5) is 25.3. The van der Waals surface area contributed by atoms with Gasteiger partial charge < -0.3 is 9.64 Å². The minimum atomic E-state index is -0.470. The number of aldehydes is 1. The predicted octanol–water partition coefficient (Wildman–Crippen LogP) is 3.98. The lowest BCUT2D eigenvalue weighted by Gasteiger charge is -2.32. The standard InChI is InChI=1S/C19H17ClFNO3/c20-17-11-14(21)5-6-16(17)19(24)22-9-7-15(8-10-22)25-18-4-2-1-3-13(18)12-23/h1-6,11-12,15H,7-10H2. The van der Waals surface area contributed by atoms with Crippen LogP contribution in [0.15, 0.2) is 42.5 Å². The Bertz CT molecular complexity index is 788. The maximum atomic E-state index is 13.1. The van der Waals surface area contributed by atoms with Crippen LogP contribution in [0.2, 0.25) is 5.02 Å². The second kappa shape index (κ2) is 7.66. The van der Waals surface area contributed by atoms with Crippen LogP contribution in [-0.4, -0.2) is 36.3 Å². The summed E-state index contributed by atoms with van der Waals surface area (Å²) in [6.07, 6.45) is 2.01. The number of halogens is 2. The van der Waals surface area contributed by atoms with Gasteiger partial charge in [-0.15, -0.1) is 0 Å². The van der Waals surface area contributed by atoms with E-state index in [9.17, 15) is 14.0 Å². The number of hydrogen-bond donors (Lipinski definition) is 0. The van der Waals surface area contributed by atoms with Gasteiger partial charge in [-0.2, -0.15) is 0 Å². The highest BCUT2D eigenvalue weighted by atomic mass is 35.5. The Morgan fingerprint density at radius 3 is 2.60 bits per heavy atom. The highest BCUT2D eigenvalue weighted by Gasteiger charge is 2.26. The van der Waals surface area contributed by atoms with Gasteiger partial charge in [0, 0.05) is 25.9 Å². The number of piperidine rings is 1. The summed E-state index contributed by atoms with van der Waals surface area (Å²) in [6.45, 7) is 1.03. The van der Waals surface area contributed by atoms with Gasteiger partial charge in [0.05, 0.1) is 16.1 Å². The van der Waals surface area contributed by atoms with Crippen molar-refractivity contribution in [3.05, 3.63) is 64.4 Å². The molecular formula is C19H17ClFNO3. The number of carbonyl (C=O) groups is 2. The quantitative estimate of drug-likeness (QED) is 0.774. The Hall–Kier alpha value is -2.40. The lowest BCUT2D eigenvalue weighted by molar-refractivity contribution is 0.0594. The van der Waals surface area contributed by atoms with Crippen LogP contribution in [0.1, 0.15) is 33.6 Å². The van der Waals surface area contributed by atoms with Crippen molar-refractivity contribution in [3.63, 3.8) is 0 Å². The first-order chi connectivity index (χ1) is 12.1. The summed E-state index contributed by atoms with van der Waals surface area (Å²) in [5, 5.41) is 0.114. The summed E-state index contributed by atoms with van der Waals surface area (Å²) >= 11 is 5.97. The Balaban J connectivity index is 1.61. The van der Waals surface area contributed by atoms with E-state index in [-0.39, 0.29) is 17.0 Å². The van der Waals surface area contributed by atoms with Crippen LogP contribution in [0, 0.1) is 5.82 Å². The van der Waals surface area contributed by atoms with E-state index in [1.165, 1.54) is 12.1 Å². The van der Waals surface area contributed by atoms with Crippen LogP contribution >= 0.6 is 11.6 Å². The number of hydrogen-bond acceptors (Lipinski definition) is 3. The normalized spacial score (nSPS) is 15.0. The van der Waals surface area contributed by atoms with Gasteiger partial charge in [-0.25, -0.2) is 4.39 Å². The predicted molar refractivity (Wildman–Crippen MR) is 92.8 cm³/mol. The van der Waals surface area contributed by atoms with E-state index in [0.29, 0.717) is 42.8 Å². The van der Waals surface area contributed by atoms with Crippen molar-refractivity contribution < 1.29 is 18.7 Å². The Morgan fingerprint density at radius 1 is 1.20 bits per heavy atom. The number of para-hydroxylation sites is 1. The van der Waals surface area contributed by atoms with Gasteiger partial charge >= 0.3 is 0 Å². The molecule has 0 unspecified atom stereocenters. The van der Waals surface area contributed by atoms with Crippen molar-refractivity contribution in [3.8, 4) is 5.75 Å². The number of likely N-dealkylation sites (tertiary alicyclic amines) is 1. The van der Waals surface area contributed by atoms with Crippen LogP contribution in [0.5, 0.6) is 5.75 Å². The molecular weight excluding hydrogens is 345 g/mol. The van der Waals surface area contributed by atoms with Gasteiger partial charge in [0.15, 0.2) is 6.29 Å². The van der Waals surface area contributed by atoms with Gasteiger partial charge in [0.25, 0.3) is 5.91 Å². The lowest BCUT2D eigenvalue weighted by Crippen LogP contribution is -2.42. The topological polar surface area (TPSA) is 46.6 Å². The average Bonchev–Trinajstić information content (AvgIpc) is 2.62. The van der Waals surface area contributed by atoms with E-state index in [4.69, 9.17) is 16.3 Å². The number of nitrogens with zero attached hydrogens (tertiary/aromatic N) is 1. The molecule has 2 aromatic rings. The van der Waals surface area contributed by atoms with Crippen molar-refractivity contribution in [2.45, 2.75) is 18.9 Å². The van der Waals surface area contributed by atoms with Crippen LogP contribution in [0.4, 0.5) is 4.39 Å². The summed E-state index contributed by atoms with van der Waals surface area (Å²) < 4.78 is 19.0. The smallest absolute Gasteiger partial charge is 0.255 e. The first-order valence-electron chi connectivity index (χ1n) is 8.03. The van der Waals surface area contributed by atoms with Crippen molar-refractivity contribution in [1.82, 2.24) is 4.90 Å². The maximum Gasteiger partial charge on any atom is 0.255 e. The van der Waals surface area contributed by atoms with E-state index in [1.807, 2.05) is 6.07 Å². The van der Waals surface area contributed by atoms with E-state index >= 15 is 0 Å². The van der Waals surface area contributed by atoms with Crippen molar-refractivity contribution in [2.75, 3.05) is 13.1 Å². The minimum absolute atomic E-state index is 0.0613. The minimum Gasteiger partial charge on any atom is -0.490 e. The molecule has 130 valence electrons. The number of ether oxygens (including phenoxy) is 1. The second-order valence-electron chi connectivity index (χ2n) is 5.89. The Kier molecular flexibility index (Phi) is 5.34. The first kappa shape index (κ1) is 17.4. The fraction of sp³-hybridized carbons (Fsp3) is 0.263. The molecule has 0 aromatic heterocycles. The summed E-state index contributed by atoms with van der Waals surface area (Å²) in [5.41, 5.74) is 0.813. The molecule has 0 N–H and O–H groups in total. The van der Waals surface area contributed by atoms with E-state index < -0.39 is 5.82 Å². The molecule has 1 amide bonds. The number of amides is 1. The fourth-order valence-corrected chi connectivity index (χ4v) is 3.12. The summed E-state index contributed by atoms with van der Waals surface area (Å²) in [7, 11) is 0. The molecule has 0 radical (unpaired) electrons. The second-order valence-corrected chi connectivity index (χ2v) is 6.30. The monoisotopic (exact) mass is 361 g/mol. The number of rotatable bonds is 4. The molecule has 0 atom stereocenters. The van der Waals surface area contributed by atoms with Crippen LogP contribution in [-0.2, 0) is 0 Å². The highest BCUT2D eigenvalue weighted by Crippen LogP contribution is 2.24. The van der Waals surface area contributed by atoms with Gasteiger partial charge in [0.1, 0.15) is 17.7 Å². The number of carbonyl (C=O) groups excluding carboxylic acids is 2. The number of benzene rings is 2. The molecule has 4 nitrogen and oxygen atoms in total. The molecule has 6 heteroatoms. The third-order valence-electron chi connectivity index (χ3n) is 4.23. The molecule has 0 bridgehead atoms. The van der Waals surface area contributed by atoms with Crippen molar-refractivity contribution in [1.29, 1.82) is 0 Å². The fourth-order valence-electron chi connectivity index (χ4n) is 2.87. The molecule has 3 rings (SSSR count). The molecule has 1 saturated heterocycles. The Morgan fingerprint density at radius 2 is 1.92 bits per heavy atom. The largest absolute Gasteiger partial charge is 0.490 e. The van der Waals surface area contributed by atoms with Gasteiger partial charge in [-0.1, -0.05) is 23.7 Å². The van der Waals surface area contributed by atoms with Crippen molar-refractivity contribution >= 4 is 23.8 Å².